The average Bonchev–Trinajstić information content (AvgIpc) is 3.07. The molecule has 0 saturated carbocycles. The van der Waals surface area contributed by atoms with Gasteiger partial charge in [-0.25, -0.2) is 19.3 Å². The predicted octanol–water partition coefficient (Wildman–Crippen LogP) is 2.04. The van der Waals surface area contributed by atoms with Crippen molar-refractivity contribution in [1.29, 1.82) is 0 Å². The first-order valence-electron chi connectivity index (χ1n) is 8.51. The highest BCUT2D eigenvalue weighted by atomic mass is 19.1. The first kappa shape index (κ1) is 16.4. The molecule has 3 aromatic rings. The van der Waals surface area contributed by atoms with Crippen LogP contribution in [0.2, 0.25) is 0 Å². The molecule has 1 amide bonds. The van der Waals surface area contributed by atoms with Gasteiger partial charge in [-0.1, -0.05) is 12.1 Å². The van der Waals surface area contributed by atoms with E-state index in [-0.39, 0.29) is 24.6 Å². The van der Waals surface area contributed by atoms with Gasteiger partial charge in [0.1, 0.15) is 12.6 Å². The fourth-order valence-corrected chi connectivity index (χ4v) is 3.15. The molecule has 0 bridgehead atoms. The fourth-order valence-electron chi connectivity index (χ4n) is 3.15. The zero-order valence-electron chi connectivity index (χ0n) is 14.1. The maximum absolute atomic E-state index is 12.9. The number of para-hydroxylation sites is 2. The van der Waals surface area contributed by atoms with Crippen LogP contribution in [0.3, 0.4) is 0 Å². The molecule has 2 aromatic heterocycles. The number of imidazole rings is 1. The van der Waals surface area contributed by atoms with Crippen molar-refractivity contribution in [3.63, 3.8) is 0 Å². The summed E-state index contributed by atoms with van der Waals surface area (Å²) in [5, 5.41) is 0. The minimum Gasteiger partial charge on any atom is -0.458 e. The second-order valence-electron chi connectivity index (χ2n) is 6.27. The molecule has 1 unspecified atom stereocenters. The number of aromatic nitrogens is 4. The van der Waals surface area contributed by atoms with Crippen LogP contribution in [-0.4, -0.2) is 49.5 Å². The number of benzene rings is 1. The van der Waals surface area contributed by atoms with Crippen LogP contribution < -0.4 is 4.74 Å². The van der Waals surface area contributed by atoms with Crippen molar-refractivity contribution in [2.45, 2.75) is 25.5 Å². The Kier molecular flexibility index (Phi) is 4.47. The van der Waals surface area contributed by atoms with E-state index in [1.54, 1.807) is 11.2 Å². The van der Waals surface area contributed by atoms with E-state index in [1.807, 2.05) is 28.8 Å². The van der Waals surface area contributed by atoms with Crippen LogP contribution in [0.1, 0.15) is 12.8 Å². The summed E-state index contributed by atoms with van der Waals surface area (Å²) >= 11 is 0. The molecule has 4 rings (SSSR count). The summed E-state index contributed by atoms with van der Waals surface area (Å²) in [4.78, 5) is 26.4. The molecule has 1 aromatic carbocycles. The molecular formula is C18H18FN5O2. The van der Waals surface area contributed by atoms with E-state index in [1.165, 1.54) is 0 Å². The molecule has 3 heterocycles. The average molecular weight is 355 g/mol. The third-order valence-corrected chi connectivity index (χ3v) is 4.43. The van der Waals surface area contributed by atoms with E-state index < -0.39 is 5.82 Å². The van der Waals surface area contributed by atoms with Gasteiger partial charge in [0, 0.05) is 6.54 Å². The number of carbonyl (C=O) groups is 1. The predicted molar refractivity (Wildman–Crippen MR) is 92.0 cm³/mol. The van der Waals surface area contributed by atoms with Gasteiger partial charge >= 0.3 is 6.01 Å². The Labute approximate surface area is 149 Å². The number of carbonyl (C=O) groups excluding carboxylic acids is 1. The molecule has 1 atom stereocenters. The second-order valence-corrected chi connectivity index (χ2v) is 6.27. The van der Waals surface area contributed by atoms with Crippen molar-refractivity contribution in [2.24, 2.45) is 0 Å². The van der Waals surface area contributed by atoms with Gasteiger partial charge in [0.05, 0.1) is 36.3 Å². The third-order valence-electron chi connectivity index (χ3n) is 4.43. The van der Waals surface area contributed by atoms with Crippen LogP contribution in [0.25, 0.3) is 11.0 Å². The number of likely N-dealkylation sites (tertiary alicyclic amines) is 1. The monoisotopic (exact) mass is 355 g/mol. The number of fused-ring (bicyclic) bond motifs is 1. The van der Waals surface area contributed by atoms with Crippen LogP contribution in [-0.2, 0) is 11.3 Å². The summed E-state index contributed by atoms with van der Waals surface area (Å²) in [6.07, 6.45) is 5.27. The number of rotatable bonds is 4. The first-order valence-corrected chi connectivity index (χ1v) is 8.51. The molecule has 134 valence electrons. The number of hydrogen-bond acceptors (Lipinski definition) is 5. The Balaban J connectivity index is 1.40. The van der Waals surface area contributed by atoms with Crippen LogP contribution in [0, 0.1) is 5.82 Å². The van der Waals surface area contributed by atoms with Gasteiger partial charge in [-0.3, -0.25) is 4.79 Å². The molecule has 26 heavy (non-hydrogen) atoms. The Morgan fingerprint density at radius 3 is 2.88 bits per heavy atom. The molecule has 0 spiro atoms. The Morgan fingerprint density at radius 1 is 1.23 bits per heavy atom. The Morgan fingerprint density at radius 2 is 2.04 bits per heavy atom. The number of amides is 1. The number of ether oxygens (including phenoxy) is 1. The lowest BCUT2D eigenvalue weighted by molar-refractivity contribution is -0.134. The van der Waals surface area contributed by atoms with Crippen LogP contribution >= 0.6 is 0 Å². The Hall–Kier alpha value is -3.03. The summed E-state index contributed by atoms with van der Waals surface area (Å²) in [5.41, 5.74) is 1.80. The van der Waals surface area contributed by atoms with E-state index in [2.05, 4.69) is 15.0 Å². The van der Waals surface area contributed by atoms with Crippen LogP contribution in [0.4, 0.5) is 4.39 Å². The molecule has 1 aliphatic heterocycles. The lowest BCUT2D eigenvalue weighted by Gasteiger charge is -2.32. The summed E-state index contributed by atoms with van der Waals surface area (Å²) in [5.74, 6) is -0.494. The van der Waals surface area contributed by atoms with Crippen molar-refractivity contribution in [2.75, 3.05) is 13.1 Å². The first-order chi connectivity index (χ1) is 12.7. The standard InChI is InChI=1S/C18H18FN5O2/c19-13-8-20-18(21-9-13)26-14-4-3-7-23(10-14)17(25)11-24-12-22-15-5-1-2-6-16(15)24/h1-2,5-6,8-9,12,14H,3-4,7,10-11H2. The second kappa shape index (κ2) is 7.07. The van der Waals surface area contributed by atoms with Gasteiger partial charge < -0.3 is 14.2 Å². The van der Waals surface area contributed by atoms with Crippen molar-refractivity contribution in [3.8, 4) is 6.01 Å². The maximum atomic E-state index is 12.9. The SMILES string of the molecule is O=C(Cn1cnc2ccccc21)N1CCCC(Oc2ncc(F)cn2)C1. The Bertz CT molecular complexity index is 911. The maximum Gasteiger partial charge on any atom is 0.316 e. The smallest absolute Gasteiger partial charge is 0.316 e. The third kappa shape index (κ3) is 3.49. The summed E-state index contributed by atoms with van der Waals surface area (Å²) in [6, 6.07) is 7.85. The summed E-state index contributed by atoms with van der Waals surface area (Å²) in [6.45, 7) is 1.39. The van der Waals surface area contributed by atoms with Crippen molar-refractivity contribution in [3.05, 3.63) is 48.8 Å². The van der Waals surface area contributed by atoms with Gasteiger partial charge in [0.2, 0.25) is 5.91 Å². The number of hydrogen-bond donors (Lipinski definition) is 0. The minimum atomic E-state index is -0.509. The van der Waals surface area contributed by atoms with E-state index in [0.717, 1.165) is 36.3 Å². The largest absolute Gasteiger partial charge is 0.458 e. The summed E-state index contributed by atoms with van der Waals surface area (Å²) in [7, 11) is 0. The van der Waals surface area contributed by atoms with Crippen molar-refractivity contribution < 1.29 is 13.9 Å². The summed E-state index contributed by atoms with van der Waals surface area (Å²) < 4.78 is 20.4. The van der Waals surface area contributed by atoms with E-state index in [9.17, 15) is 9.18 Å². The number of nitrogens with zero attached hydrogens (tertiary/aromatic N) is 5. The lowest BCUT2D eigenvalue weighted by atomic mass is 10.1. The number of halogens is 1. The molecule has 1 aliphatic rings. The quantitative estimate of drug-likeness (QED) is 0.716. The molecule has 7 nitrogen and oxygen atoms in total. The molecular weight excluding hydrogens is 337 g/mol. The van der Waals surface area contributed by atoms with E-state index >= 15 is 0 Å². The highest BCUT2D eigenvalue weighted by Crippen LogP contribution is 2.17. The zero-order valence-corrected chi connectivity index (χ0v) is 14.1. The van der Waals surface area contributed by atoms with Gasteiger partial charge in [-0.2, -0.15) is 0 Å². The lowest BCUT2D eigenvalue weighted by Crippen LogP contribution is -2.45. The van der Waals surface area contributed by atoms with E-state index in [0.29, 0.717) is 13.1 Å². The zero-order chi connectivity index (χ0) is 17.9. The normalized spacial score (nSPS) is 17.4. The molecule has 0 aliphatic carbocycles. The van der Waals surface area contributed by atoms with Crippen molar-refractivity contribution >= 4 is 16.9 Å². The number of piperidine rings is 1. The minimum absolute atomic E-state index is 0.0153. The van der Waals surface area contributed by atoms with Gasteiger partial charge in [0.15, 0.2) is 5.82 Å². The van der Waals surface area contributed by atoms with Crippen LogP contribution in [0.15, 0.2) is 43.0 Å². The molecule has 1 saturated heterocycles. The van der Waals surface area contributed by atoms with Gasteiger partial charge in [-0.05, 0) is 25.0 Å². The topological polar surface area (TPSA) is 73.1 Å². The highest BCUT2D eigenvalue weighted by molar-refractivity contribution is 5.80. The van der Waals surface area contributed by atoms with Crippen molar-refractivity contribution in [1.82, 2.24) is 24.4 Å². The van der Waals surface area contributed by atoms with Gasteiger partial charge in [-0.15, -0.1) is 0 Å². The van der Waals surface area contributed by atoms with E-state index in [4.69, 9.17) is 4.74 Å². The van der Waals surface area contributed by atoms with Gasteiger partial charge in [0.25, 0.3) is 0 Å². The fraction of sp³-hybridized carbons (Fsp3) is 0.333. The molecule has 8 heteroatoms. The van der Waals surface area contributed by atoms with Crippen LogP contribution in [0.5, 0.6) is 6.01 Å². The molecule has 0 N–H and O–H groups in total. The highest BCUT2D eigenvalue weighted by Gasteiger charge is 2.25. The molecule has 1 fully saturated rings. The molecule has 0 radical (unpaired) electrons.